The summed E-state index contributed by atoms with van der Waals surface area (Å²) in [6, 6.07) is 11.9. The minimum absolute atomic E-state index is 0.132. The van der Waals surface area contributed by atoms with Crippen LogP contribution >= 0.6 is 23.1 Å². The van der Waals surface area contributed by atoms with Crippen molar-refractivity contribution >= 4 is 28.9 Å². The van der Waals surface area contributed by atoms with Crippen LogP contribution in [-0.2, 0) is 6.54 Å². The smallest absolute Gasteiger partial charge is 0.191 e. The van der Waals surface area contributed by atoms with Crippen LogP contribution in [0, 0.1) is 6.92 Å². The SMILES string of the molecule is CCn1c(SCC(=O)c2cccs2)nnc1-c1ccccc1C. The highest BCUT2D eigenvalue weighted by atomic mass is 32.2. The van der Waals surface area contributed by atoms with Crippen LogP contribution in [-0.4, -0.2) is 26.3 Å². The molecule has 0 bridgehead atoms. The topological polar surface area (TPSA) is 47.8 Å². The molecule has 2 heterocycles. The van der Waals surface area contributed by atoms with E-state index in [2.05, 4.69) is 40.7 Å². The van der Waals surface area contributed by atoms with Gasteiger partial charge in [0, 0.05) is 12.1 Å². The number of benzene rings is 1. The molecule has 0 N–H and O–H groups in total. The molecule has 0 atom stereocenters. The first kappa shape index (κ1) is 16.0. The second kappa shape index (κ2) is 7.10. The van der Waals surface area contributed by atoms with Crippen LogP contribution in [0.15, 0.2) is 46.9 Å². The lowest BCUT2D eigenvalue weighted by Crippen LogP contribution is -2.04. The number of nitrogens with zero attached hydrogens (tertiary/aromatic N) is 3. The fourth-order valence-electron chi connectivity index (χ4n) is 2.34. The highest BCUT2D eigenvalue weighted by Gasteiger charge is 2.16. The number of aromatic nitrogens is 3. The summed E-state index contributed by atoms with van der Waals surface area (Å²) in [5, 5.41) is 11.3. The van der Waals surface area contributed by atoms with Gasteiger partial charge in [-0.05, 0) is 30.9 Å². The molecule has 4 nitrogen and oxygen atoms in total. The first-order chi connectivity index (χ1) is 11.2. The standard InChI is InChI=1S/C17H17N3OS2/c1-3-20-16(13-8-5-4-7-12(13)2)18-19-17(20)23-11-14(21)15-9-6-10-22-15/h4-10H,3,11H2,1-2H3. The minimum atomic E-state index is 0.132. The number of thiophene rings is 1. The summed E-state index contributed by atoms with van der Waals surface area (Å²) in [7, 11) is 0. The average molecular weight is 343 g/mol. The number of ketones is 1. The Bertz CT molecular complexity index is 809. The normalized spacial score (nSPS) is 10.9. The van der Waals surface area contributed by atoms with Crippen LogP contribution in [0.3, 0.4) is 0 Å². The fourth-order valence-corrected chi connectivity index (χ4v) is 3.98. The van der Waals surface area contributed by atoms with Crippen molar-refractivity contribution in [3.05, 3.63) is 52.2 Å². The molecule has 1 aromatic carbocycles. The molecular formula is C17H17N3OS2. The van der Waals surface area contributed by atoms with E-state index >= 15 is 0 Å². The van der Waals surface area contributed by atoms with Crippen molar-refractivity contribution in [3.8, 4) is 11.4 Å². The maximum Gasteiger partial charge on any atom is 0.191 e. The Morgan fingerprint density at radius 3 is 2.74 bits per heavy atom. The largest absolute Gasteiger partial charge is 0.302 e. The molecule has 0 aliphatic carbocycles. The van der Waals surface area contributed by atoms with Gasteiger partial charge in [0.2, 0.25) is 0 Å². The van der Waals surface area contributed by atoms with Gasteiger partial charge in [0.1, 0.15) is 0 Å². The van der Waals surface area contributed by atoms with Gasteiger partial charge in [-0.2, -0.15) is 0 Å². The van der Waals surface area contributed by atoms with Crippen LogP contribution < -0.4 is 0 Å². The quantitative estimate of drug-likeness (QED) is 0.494. The van der Waals surface area contributed by atoms with E-state index in [0.717, 1.165) is 28.0 Å². The Morgan fingerprint density at radius 2 is 2.04 bits per heavy atom. The van der Waals surface area contributed by atoms with Gasteiger partial charge in [0.05, 0.1) is 10.6 Å². The van der Waals surface area contributed by atoms with E-state index in [1.807, 2.05) is 29.6 Å². The zero-order valence-electron chi connectivity index (χ0n) is 13.0. The van der Waals surface area contributed by atoms with Gasteiger partial charge in [-0.3, -0.25) is 4.79 Å². The van der Waals surface area contributed by atoms with Crippen molar-refractivity contribution in [2.45, 2.75) is 25.5 Å². The van der Waals surface area contributed by atoms with Crippen molar-refractivity contribution in [1.29, 1.82) is 0 Å². The maximum atomic E-state index is 12.1. The average Bonchev–Trinajstić information content (AvgIpc) is 3.22. The van der Waals surface area contributed by atoms with Gasteiger partial charge in [-0.25, -0.2) is 0 Å². The number of Topliss-reactive ketones (excluding diaryl/α,β-unsaturated/α-hetero) is 1. The Morgan fingerprint density at radius 1 is 1.22 bits per heavy atom. The lowest BCUT2D eigenvalue weighted by molar-refractivity contribution is 0.102. The number of thioether (sulfide) groups is 1. The third-order valence-electron chi connectivity index (χ3n) is 3.55. The molecule has 0 fully saturated rings. The summed E-state index contributed by atoms with van der Waals surface area (Å²) in [6.45, 7) is 4.90. The summed E-state index contributed by atoms with van der Waals surface area (Å²) >= 11 is 2.92. The van der Waals surface area contributed by atoms with E-state index in [-0.39, 0.29) is 5.78 Å². The molecule has 118 valence electrons. The first-order valence-electron chi connectivity index (χ1n) is 7.39. The Labute approximate surface area is 143 Å². The number of carbonyl (C=O) groups is 1. The van der Waals surface area contributed by atoms with Crippen molar-refractivity contribution in [2.75, 3.05) is 5.75 Å². The van der Waals surface area contributed by atoms with Crippen LogP contribution in [0.1, 0.15) is 22.2 Å². The van der Waals surface area contributed by atoms with Crippen LogP contribution in [0.5, 0.6) is 0 Å². The molecule has 0 amide bonds. The first-order valence-corrected chi connectivity index (χ1v) is 9.26. The molecule has 23 heavy (non-hydrogen) atoms. The van der Waals surface area contributed by atoms with Gasteiger partial charge in [-0.1, -0.05) is 42.1 Å². The monoisotopic (exact) mass is 343 g/mol. The van der Waals surface area contributed by atoms with E-state index in [0.29, 0.717) is 5.75 Å². The molecular weight excluding hydrogens is 326 g/mol. The van der Waals surface area contributed by atoms with Gasteiger partial charge in [0.25, 0.3) is 0 Å². The van der Waals surface area contributed by atoms with E-state index in [1.54, 1.807) is 0 Å². The zero-order valence-corrected chi connectivity index (χ0v) is 14.7. The van der Waals surface area contributed by atoms with E-state index < -0.39 is 0 Å². The number of rotatable bonds is 6. The van der Waals surface area contributed by atoms with Crippen LogP contribution in [0.25, 0.3) is 11.4 Å². The minimum Gasteiger partial charge on any atom is -0.302 e. The van der Waals surface area contributed by atoms with Gasteiger partial charge in [-0.15, -0.1) is 21.5 Å². The molecule has 3 aromatic rings. The number of aryl methyl sites for hydroxylation is 1. The fraction of sp³-hybridized carbons (Fsp3) is 0.235. The summed E-state index contributed by atoms with van der Waals surface area (Å²) in [6.07, 6.45) is 0. The summed E-state index contributed by atoms with van der Waals surface area (Å²) in [4.78, 5) is 12.9. The van der Waals surface area contributed by atoms with Gasteiger partial charge in [0.15, 0.2) is 16.8 Å². The third-order valence-corrected chi connectivity index (χ3v) is 5.43. The van der Waals surface area contributed by atoms with E-state index in [4.69, 9.17) is 0 Å². The maximum absolute atomic E-state index is 12.1. The predicted molar refractivity (Wildman–Crippen MR) is 95.2 cm³/mol. The van der Waals surface area contributed by atoms with Gasteiger partial charge < -0.3 is 4.57 Å². The number of hydrogen-bond donors (Lipinski definition) is 0. The lowest BCUT2D eigenvalue weighted by atomic mass is 10.1. The van der Waals surface area contributed by atoms with Crippen molar-refractivity contribution in [2.24, 2.45) is 0 Å². The predicted octanol–water partition coefficient (Wildman–Crippen LogP) is 4.31. The Balaban J connectivity index is 1.82. The van der Waals surface area contributed by atoms with Crippen molar-refractivity contribution < 1.29 is 4.79 Å². The third kappa shape index (κ3) is 3.38. The number of hydrogen-bond acceptors (Lipinski definition) is 5. The summed E-state index contributed by atoms with van der Waals surface area (Å²) in [5.41, 5.74) is 2.25. The highest BCUT2D eigenvalue weighted by molar-refractivity contribution is 7.99. The molecule has 0 aliphatic heterocycles. The Hall–Kier alpha value is -1.92. The molecule has 0 radical (unpaired) electrons. The van der Waals surface area contributed by atoms with E-state index in [1.165, 1.54) is 28.7 Å². The molecule has 0 saturated carbocycles. The second-order valence-electron chi connectivity index (χ2n) is 5.05. The molecule has 2 aromatic heterocycles. The van der Waals surface area contributed by atoms with E-state index in [9.17, 15) is 4.79 Å². The van der Waals surface area contributed by atoms with Gasteiger partial charge >= 0.3 is 0 Å². The van der Waals surface area contributed by atoms with Crippen LogP contribution in [0.4, 0.5) is 0 Å². The molecule has 0 spiro atoms. The number of carbonyl (C=O) groups excluding carboxylic acids is 1. The summed E-state index contributed by atoms with van der Waals surface area (Å²) < 4.78 is 2.06. The molecule has 3 rings (SSSR count). The molecule has 6 heteroatoms. The van der Waals surface area contributed by atoms with Crippen LogP contribution in [0.2, 0.25) is 0 Å². The second-order valence-corrected chi connectivity index (χ2v) is 6.94. The Kier molecular flexibility index (Phi) is 4.93. The molecule has 0 saturated heterocycles. The van der Waals surface area contributed by atoms with Crippen molar-refractivity contribution in [1.82, 2.24) is 14.8 Å². The lowest BCUT2D eigenvalue weighted by Gasteiger charge is -2.08. The highest BCUT2D eigenvalue weighted by Crippen LogP contribution is 2.26. The summed E-state index contributed by atoms with van der Waals surface area (Å²) in [5.74, 6) is 1.37. The molecule has 0 unspecified atom stereocenters. The van der Waals surface area contributed by atoms with Crippen molar-refractivity contribution in [3.63, 3.8) is 0 Å². The zero-order chi connectivity index (χ0) is 16.2. The molecule has 0 aliphatic rings.